The van der Waals surface area contributed by atoms with Crippen molar-refractivity contribution < 1.29 is 52.8 Å². The van der Waals surface area contributed by atoms with E-state index in [0.717, 1.165) is 45.8 Å². The number of unbranched alkanes of at least 4 members (excludes halogenated alkanes) is 1. The molecule has 6 rings (SSSR count). The molecule has 1 fully saturated rings. The number of allylic oxidation sites excluding steroid dienone is 1. The van der Waals surface area contributed by atoms with Gasteiger partial charge in [0, 0.05) is 37.2 Å². The monoisotopic (exact) mass is 1090 g/mol. The predicted molar refractivity (Wildman–Crippen MR) is 300 cm³/mol. The van der Waals surface area contributed by atoms with E-state index in [4.69, 9.17) is 23.7 Å². The van der Waals surface area contributed by atoms with Gasteiger partial charge >= 0.3 is 0 Å². The maximum absolute atomic E-state index is 14.0. The third-order valence-electron chi connectivity index (χ3n) is 13.1. The quantitative estimate of drug-likeness (QED) is 0.0233. The van der Waals surface area contributed by atoms with Crippen LogP contribution >= 0.6 is 11.5 Å². The van der Waals surface area contributed by atoms with Crippen LogP contribution in [-0.4, -0.2) is 165 Å². The van der Waals surface area contributed by atoms with Gasteiger partial charge in [0.05, 0.1) is 52.2 Å². The van der Waals surface area contributed by atoms with Crippen molar-refractivity contribution in [3.8, 4) is 22.8 Å². The summed E-state index contributed by atoms with van der Waals surface area (Å²) < 4.78 is 32.1. The van der Waals surface area contributed by atoms with Crippen molar-refractivity contribution in [2.24, 2.45) is 0 Å². The molecule has 3 unspecified atom stereocenters. The van der Waals surface area contributed by atoms with Crippen LogP contribution in [0.25, 0.3) is 22.4 Å². The molecule has 5 aromatic rings. The summed E-state index contributed by atoms with van der Waals surface area (Å²) in [5.74, 6) is -0.571. The molecule has 0 bridgehead atoms. The lowest BCUT2D eigenvalue weighted by Gasteiger charge is -2.29. The number of anilines is 1. The number of phenols is 1. The van der Waals surface area contributed by atoms with Crippen molar-refractivity contribution in [1.29, 1.82) is 0 Å². The van der Waals surface area contributed by atoms with Crippen molar-refractivity contribution in [3.63, 3.8) is 0 Å². The lowest BCUT2D eigenvalue weighted by atomic mass is 9.88. The molecule has 0 radical (unpaired) electrons. The first-order valence-corrected chi connectivity index (χ1v) is 27.3. The van der Waals surface area contributed by atoms with Gasteiger partial charge in [0.15, 0.2) is 0 Å². The first-order valence-electron chi connectivity index (χ1n) is 26.6. The van der Waals surface area contributed by atoms with E-state index >= 15 is 0 Å². The Labute approximate surface area is 461 Å². The molecule has 4 aromatic carbocycles. The standard InChI is InChI=1S/C58H74N8O11S/c1-5-48(42-15-8-6-9-16-42)53(43-21-25-46(67)26-22-43)44-23-27-47(28-24-44)77-32-31-65(4)52(69)40-76-38-36-74-34-33-73-35-37-75-39-51(68)60-29-13-12-19-49(61-55(70)41(2)59-3)58(72)66-30-14-20-50(66)56(71)62-57-54(63-64-78-57)45-17-10-7-11-18-45/h6-11,15-18,21-28,41,49-50,59,67H,5,12-14,19-20,29-40H2,1-4H3,(H,60,68)(H,61,70)(H,62,71). The molecule has 1 saturated heterocycles. The molecule has 418 valence electrons. The van der Waals surface area contributed by atoms with Crippen molar-refractivity contribution in [1.82, 2.24) is 35.3 Å². The fourth-order valence-corrected chi connectivity index (χ4v) is 9.23. The van der Waals surface area contributed by atoms with Crippen LogP contribution in [0.15, 0.2) is 109 Å². The molecule has 1 aliphatic rings. The van der Waals surface area contributed by atoms with Crippen molar-refractivity contribution in [2.75, 3.05) is 98.5 Å². The number of benzene rings is 4. The summed E-state index contributed by atoms with van der Waals surface area (Å²) in [7, 11) is 3.36. The van der Waals surface area contributed by atoms with E-state index in [-0.39, 0.29) is 74.9 Å². The van der Waals surface area contributed by atoms with Crippen LogP contribution in [0.5, 0.6) is 11.5 Å². The minimum Gasteiger partial charge on any atom is -0.508 e. The number of aromatic nitrogens is 2. The molecule has 20 heteroatoms. The molecule has 2 heterocycles. The maximum atomic E-state index is 14.0. The number of amides is 5. The highest BCUT2D eigenvalue weighted by Crippen LogP contribution is 2.36. The lowest BCUT2D eigenvalue weighted by molar-refractivity contribution is -0.140. The number of hydrogen-bond acceptors (Lipinski definition) is 15. The summed E-state index contributed by atoms with van der Waals surface area (Å²) in [5.41, 5.74) is 6.81. The van der Waals surface area contributed by atoms with Gasteiger partial charge in [0.1, 0.15) is 54.1 Å². The number of aromatic hydroxyl groups is 1. The summed E-state index contributed by atoms with van der Waals surface area (Å²) in [5, 5.41) is 26.2. The number of carbonyl (C=O) groups is 5. The van der Waals surface area contributed by atoms with Gasteiger partial charge in [-0.2, -0.15) is 0 Å². The lowest BCUT2D eigenvalue weighted by Crippen LogP contribution is -2.54. The minimum atomic E-state index is -0.860. The Kier molecular flexibility index (Phi) is 25.2. The molecule has 0 saturated carbocycles. The van der Waals surface area contributed by atoms with Crippen molar-refractivity contribution in [3.05, 3.63) is 126 Å². The fraction of sp³-hybridized carbons (Fsp3) is 0.431. The maximum Gasteiger partial charge on any atom is 0.248 e. The molecular formula is C58H74N8O11S. The fourth-order valence-electron chi connectivity index (χ4n) is 8.64. The number of rotatable bonds is 33. The van der Waals surface area contributed by atoms with Crippen LogP contribution < -0.4 is 26.0 Å². The van der Waals surface area contributed by atoms with Crippen LogP contribution in [-0.2, 0) is 42.9 Å². The highest BCUT2D eigenvalue weighted by atomic mass is 32.1. The molecule has 0 spiro atoms. The van der Waals surface area contributed by atoms with Gasteiger partial charge in [0.25, 0.3) is 0 Å². The zero-order chi connectivity index (χ0) is 55.5. The third-order valence-corrected chi connectivity index (χ3v) is 13.7. The number of nitrogens with zero attached hydrogens (tertiary/aromatic N) is 4. The van der Waals surface area contributed by atoms with Crippen LogP contribution in [0.2, 0.25) is 0 Å². The summed E-state index contributed by atoms with van der Waals surface area (Å²) in [6, 6.07) is 32.7. The molecule has 78 heavy (non-hydrogen) atoms. The average molecular weight is 1090 g/mol. The van der Waals surface area contributed by atoms with Crippen LogP contribution in [0.3, 0.4) is 0 Å². The van der Waals surface area contributed by atoms with Crippen LogP contribution in [0.1, 0.15) is 69.1 Å². The first-order chi connectivity index (χ1) is 38.0. The number of likely N-dealkylation sites (tertiary alicyclic amines) is 1. The van der Waals surface area contributed by atoms with E-state index in [9.17, 15) is 29.1 Å². The Balaban J connectivity index is 0.784. The van der Waals surface area contributed by atoms with E-state index in [1.165, 1.54) is 5.57 Å². The molecule has 19 nitrogen and oxygen atoms in total. The smallest absolute Gasteiger partial charge is 0.248 e. The summed E-state index contributed by atoms with van der Waals surface area (Å²) in [6.07, 6.45) is 3.32. The average Bonchev–Trinajstić information content (AvgIpc) is 4.16. The second-order valence-electron chi connectivity index (χ2n) is 18.6. The Morgan fingerprint density at radius 3 is 2.06 bits per heavy atom. The number of ether oxygens (including phenoxy) is 5. The number of likely N-dealkylation sites (N-methyl/N-ethyl adjacent to an activating group) is 2. The van der Waals surface area contributed by atoms with Gasteiger partial charge in [-0.25, -0.2) is 0 Å². The third kappa shape index (κ3) is 18.8. The van der Waals surface area contributed by atoms with E-state index < -0.39 is 18.1 Å². The van der Waals surface area contributed by atoms with Crippen LogP contribution in [0.4, 0.5) is 5.00 Å². The molecule has 1 aromatic heterocycles. The number of phenolic OH excluding ortho intramolecular Hbond substituents is 1. The zero-order valence-corrected chi connectivity index (χ0v) is 45.9. The predicted octanol–water partition coefficient (Wildman–Crippen LogP) is 6.19. The highest BCUT2D eigenvalue weighted by Gasteiger charge is 2.38. The van der Waals surface area contributed by atoms with Gasteiger partial charge in [-0.05, 0) is 105 Å². The van der Waals surface area contributed by atoms with Gasteiger partial charge in [0.2, 0.25) is 29.5 Å². The number of carbonyl (C=O) groups excluding carboxylic acids is 5. The Morgan fingerprint density at radius 1 is 0.782 bits per heavy atom. The number of nitrogens with one attached hydrogen (secondary N) is 4. The Bertz CT molecular complexity index is 2680. The zero-order valence-electron chi connectivity index (χ0n) is 45.1. The van der Waals surface area contributed by atoms with E-state index in [0.29, 0.717) is 88.0 Å². The molecule has 1 aliphatic heterocycles. The van der Waals surface area contributed by atoms with Crippen molar-refractivity contribution in [2.45, 2.75) is 70.5 Å². The second-order valence-corrected chi connectivity index (χ2v) is 19.3. The summed E-state index contributed by atoms with van der Waals surface area (Å²) >= 11 is 1.07. The summed E-state index contributed by atoms with van der Waals surface area (Å²) in [6.45, 7) is 6.63. The van der Waals surface area contributed by atoms with Gasteiger partial charge < -0.3 is 59.9 Å². The first kappa shape index (κ1) is 60.2. The van der Waals surface area contributed by atoms with E-state index in [1.54, 1.807) is 43.0 Å². The highest BCUT2D eigenvalue weighted by molar-refractivity contribution is 7.10. The second kappa shape index (κ2) is 32.6. The molecule has 5 N–H and O–H groups in total. The van der Waals surface area contributed by atoms with Gasteiger partial charge in [-0.15, -0.1) is 5.10 Å². The van der Waals surface area contributed by atoms with Crippen LogP contribution in [0, 0.1) is 0 Å². The SMILES string of the molecule is CCC(=C(c1ccc(O)cc1)c1ccc(OCCN(C)C(=O)COCCOCCOCCOCC(=O)NCCCCC(NC(=O)C(C)NC)C(=O)N2CCCC2C(=O)Nc2snnc2-c2ccccc2)cc1)c1ccccc1. The van der Waals surface area contributed by atoms with E-state index in [1.807, 2.05) is 84.9 Å². The Hall–Kier alpha value is -7.07. The molecule has 5 amide bonds. The normalized spacial score (nSPS) is 14.3. The van der Waals surface area contributed by atoms with Crippen molar-refractivity contribution >= 4 is 57.2 Å². The minimum absolute atomic E-state index is 0.0890. The Morgan fingerprint density at radius 2 is 1.41 bits per heavy atom. The molecule has 0 aliphatic carbocycles. The molecular weight excluding hydrogens is 1020 g/mol. The van der Waals surface area contributed by atoms with E-state index in [2.05, 4.69) is 49.9 Å². The van der Waals surface area contributed by atoms with Gasteiger partial charge in [-0.3, -0.25) is 24.0 Å². The summed E-state index contributed by atoms with van der Waals surface area (Å²) in [4.78, 5) is 68.7. The topological polar surface area (TPSA) is 232 Å². The molecule has 3 atom stereocenters. The van der Waals surface area contributed by atoms with Gasteiger partial charge in [-0.1, -0.05) is 96.3 Å². The number of hydrogen-bond donors (Lipinski definition) is 5. The largest absolute Gasteiger partial charge is 0.508 e.